The Balaban J connectivity index is 2.54. The van der Waals surface area contributed by atoms with E-state index in [9.17, 15) is 9.59 Å². The molecule has 1 aromatic rings. The third kappa shape index (κ3) is 2.85. The maximum absolute atomic E-state index is 12.6. The van der Waals surface area contributed by atoms with Gasteiger partial charge in [0.2, 0.25) is 0 Å². The first-order valence-electron chi connectivity index (χ1n) is 7.35. The number of rotatable bonds is 2. The Bertz CT molecular complexity index is 593. The smallest absolute Gasteiger partial charge is 0.297 e. The summed E-state index contributed by atoms with van der Waals surface area (Å²) >= 11 is 6.03. The third-order valence-electron chi connectivity index (χ3n) is 4.22. The molecule has 2 atom stereocenters. The van der Waals surface area contributed by atoms with Gasteiger partial charge >= 0.3 is 5.69 Å². The summed E-state index contributed by atoms with van der Waals surface area (Å²) in [5.74, 6) is 1.07. The Morgan fingerprint density at radius 1 is 1.15 bits per heavy atom. The number of H-pyrrole nitrogens is 1. The average molecular weight is 299 g/mol. The topological polar surface area (TPSA) is 54.9 Å². The molecule has 1 saturated carbocycles. The van der Waals surface area contributed by atoms with Gasteiger partial charge in [-0.25, -0.2) is 4.79 Å². The molecule has 1 fully saturated rings. The van der Waals surface area contributed by atoms with E-state index in [0.29, 0.717) is 17.4 Å². The van der Waals surface area contributed by atoms with Crippen LogP contribution in [0.5, 0.6) is 0 Å². The minimum atomic E-state index is -0.379. The summed E-state index contributed by atoms with van der Waals surface area (Å²) in [7, 11) is 0. The fourth-order valence-electron chi connectivity index (χ4n) is 3.48. The lowest BCUT2D eigenvalue weighted by Crippen LogP contribution is -2.42. The predicted molar refractivity (Wildman–Crippen MR) is 81.6 cm³/mol. The molecule has 0 radical (unpaired) electrons. The number of halogens is 1. The Hall–Kier alpha value is -1.03. The summed E-state index contributed by atoms with van der Waals surface area (Å²) in [5.41, 5.74) is -0.0899. The van der Waals surface area contributed by atoms with E-state index in [0.717, 1.165) is 19.3 Å². The summed E-state index contributed by atoms with van der Waals surface area (Å²) in [5, 5.41) is 0.183. The van der Waals surface area contributed by atoms with E-state index in [2.05, 4.69) is 18.8 Å². The van der Waals surface area contributed by atoms with Crippen LogP contribution in [-0.4, -0.2) is 9.55 Å². The Kier molecular flexibility index (Phi) is 4.43. The highest BCUT2D eigenvalue weighted by Crippen LogP contribution is 2.34. The lowest BCUT2D eigenvalue weighted by atomic mass is 9.80. The zero-order valence-corrected chi connectivity index (χ0v) is 13.3. The van der Waals surface area contributed by atoms with Gasteiger partial charge in [-0.15, -0.1) is 0 Å². The molecule has 1 heterocycles. The predicted octanol–water partition coefficient (Wildman–Crippen LogP) is 3.31. The molecule has 2 rings (SSSR count). The van der Waals surface area contributed by atoms with Crippen LogP contribution < -0.4 is 11.2 Å². The SMILES string of the molecule is CC1CC(C)CC(n2c(=O)[nH]c(Cl)c(C(C)C)c2=O)C1. The lowest BCUT2D eigenvalue weighted by molar-refractivity contribution is 0.213. The van der Waals surface area contributed by atoms with E-state index >= 15 is 0 Å². The first-order chi connectivity index (χ1) is 9.31. The molecule has 0 bridgehead atoms. The largest absolute Gasteiger partial charge is 0.329 e. The number of nitrogens with zero attached hydrogens (tertiary/aromatic N) is 1. The molecule has 2 unspecified atom stereocenters. The molecule has 0 spiro atoms. The highest BCUT2D eigenvalue weighted by molar-refractivity contribution is 6.30. The number of aromatic nitrogens is 2. The molecule has 0 saturated heterocycles. The van der Waals surface area contributed by atoms with E-state index in [4.69, 9.17) is 11.6 Å². The molecule has 4 nitrogen and oxygen atoms in total. The van der Waals surface area contributed by atoms with Gasteiger partial charge in [-0.1, -0.05) is 39.3 Å². The van der Waals surface area contributed by atoms with E-state index < -0.39 is 0 Å². The van der Waals surface area contributed by atoms with E-state index in [1.807, 2.05) is 13.8 Å². The van der Waals surface area contributed by atoms with Crippen LogP contribution in [0.25, 0.3) is 0 Å². The molecule has 112 valence electrons. The molecular formula is C15H23ClN2O2. The molecule has 0 aromatic carbocycles. The van der Waals surface area contributed by atoms with Crippen molar-refractivity contribution >= 4 is 11.6 Å². The van der Waals surface area contributed by atoms with Crippen LogP contribution in [0.2, 0.25) is 5.15 Å². The molecule has 5 heteroatoms. The molecule has 0 amide bonds. The summed E-state index contributed by atoms with van der Waals surface area (Å²) in [6.45, 7) is 8.19. The van der Waals surface area contributed by atoms with Gasteiger partial charge in [-0.05, 0) is 37.0 Å². The molecular weight excluding hydrogens is 276 g/mol. The van der Waals surface area contributed by atoms with E-state index in [1.165, 1.54) is 4.57 Å². The zero-order valence-electron chi connectivity index (χ0n) is 12.6. The van der Waals surface area contributed by atoms with Gasteiger partial charge in [0, 0.05) is 6.04 Å². The fraction of sp³-hybridized carbons (Fsp3) is 0.733. The van der Waals surface area contributed by atoms with Crippen molar-refractivity contribution in [2.75, 3.05) is 0 Å². The van der Waals surface area contributed by atoms with Gasteiger partial charge in [0.1, 0.15) is 5.15 Å². The van der Waals surface area contributed by atoms with Gasteiger partial charge in [0.25, 0.3) is 5.56 Å². The van der Waals surface area contributed by atoms with Gasteiger partial charge in [0.15, 0.2) is 0 Å². The van der Waals surface area contributed by atoms with Crippen molar-refractivity contribution in [3.63, 3.8) is 0 Å². The lowest BCUT2D eigenvalue weighted by Gasteiger charge is -2.32. The van der Waals surface area contributed by atoms with Crippen LogP contribution in [-0.2, 0) is 0 Å². The molecule has 1 aliphatic rings. The minimum absolute atomic E-state index is 0.00321. The second kappa shape index (κ2) is 5.76. The number of nitrogens with one attached hydrogen (secondary N) is 1. The van der Waals surface area contributed by atoms with Crippen LogP contribution in [0.3, 0.4) is 0 Å². The van der Waals surface area contributed by atoms with Crippen LogP contribution in [0.15, 0.2) is 9.59 Å². The van der Waals surface area contributed by atoms with Gasteiger partial charge in [-0.2, -0.15) is 0 Å². The van der Waals surface area contributed by atoms with Gasteiger partial charge < -0.3 is 0 Å². The Morgan fingerprint density at radius 2 is 1.70 bits per heavy atom. The Labute approximate surface area is 124 Å². The fourth-order valence-corrected chi connectivity index (χ4v) is 3.86. The number of hydrogen-bond donors (Lipinski definition) is 1. The normalized spacial score (nSPS) is 27.0. The second-order valence-corrected chi connectivity index (χ2v) is 6.94. The number of hydrogen-bond acceptors (Lipinski definition) is 2. The third-order valence-corrected chi connectivity index (χ3v) is 4.52. The maximum Gasteiger partial charge on any atom is 0.329 e. The van der Waals surface area contributed by atoms with Gasteiger partial charge in [0.05, 0.1) is 5.56 Å². The first-order valence-corrected chi connectivity index (χ1v) is 7.73. The zero-order chi connectivity index (χ0) is 15.0. The van der Waals surface area contributed by atoms with Crippen LogP contribution >= 0.6 is 11.6 Å². The van der Waals surface area contributed by atoms with Crippen molar-refractivity contribution < 1.29 is 0 Å². The Morgan fingerprint density at radius 3 is 2.20 bits per heavy atom. The highest BCUT2D eigenvalue weighted by atomic mass is 35.5. The van der Waals surface area contributed by atoms with Crippen LogP contribution in [0, 0.1) is 11.8 Å². The second-order valence-electron chi connectivity index (χ2n) is 6.56. The van der Waals surface area contributed by atoms with Gasteiger partial charge in [-0.3, -0.25) is 14.3 Å². The molecule has 20 heavy (non-hydrogen) atoms. The summed E-state index contributed by atoms with van der Waals surface area (Å²) < 4.78 is 1.40. The quantitative estimate of drug-likeness (QED) is 0.852. The summed E-state index contributed by atoms with van der Waals surface area (Å²) in [6, 6.07) is -0.0141. The first kappa shape index (κ1) is 15.4. The van der Waals surface area contributed by atoms with Crippen LogP contribution in [0.1, 0.15) is 64.5 Å². The molecule has 1 aromatic heterocycles. The van der Waals surface area contributed by atoms with Crippen molar-refractivity contribution in [3.8, 4) is 0 Å². The van der Waals surface area contributed by atoms with Crippen molar-refractivity contribution in [2.45, 2.75) is 58.9 Å². The van der Waals surface area contributed by atoms with Crippen molar-refractivity contribution in [1.82, 2.24) is 9.55 Å². The van der Waals surface area contributed by atoms with Crippen molar-refractivity contribution in [2.24, 2.45) is 11.8 Å². The van der Waals surface area contributed by atoms with Crippen molar-refractivity contribution in [1.29, 1.82) is 0 Å². The van der Waals surface area contributed by atoms with E-state index in [-0.39, 0.29) is 28.4 Å². The summed E-state index contributed by atoms with van der Waals surface area (Å²) in [4.78, 5) is 27.4. The van der Waals surface area contributed by atoms with Crippen molar-refractivity contribution in [3.05, 3.63) is 31.6 Å². The van der Waals surface area contributed by atoms with E-state index in [1.54, 1.807) is 0 Å². The highest BCUT2D eigenvalue weighted by Gasteiger charge is 2.28. The number of aromatic amines is 1. The molecule has 1 N–H and O–H groups in total. The standard InChI is InChI=1S/C15H23ClN2O2/c1-8(2)12-13(16)17-15(20)18(14(12)19)11-6-9(3)5-10(4)7-11/h8-11H,5-7H2,1-4H3,(H,17,20). The average Bonchev–Trinajstić information content (AvgIpc) is 2.25. The monoisotopic (exact) mass is 298 g/mol. The molecule has 1 aliphatic carbocycles. The van der Waals surface area contributed by atoms with Crippen LogP contribution in [0.4, 0.5) is 0 Å². The summed E-state index contributed by atoms with van der Waals surface area (Å²) in [6.07, 6.45) is 2.92. The maximum atomic E-state index is 12.6. The minimum Gasteiger partial charge on any atom is -0.297 e. The molecule has 0 aliphatic heterocycles.